The Morgan fingerprint density at radius 3 is 0.933 bits per heavy atom. The Morgan fingerprint density at radius 2 is 0.617 bits per heavy atom. The molecule has 4 heterocycles. The average molecular weight is 1000 g/mol. The highest BCUT2D eigenvalue weighted by atomic mass is 127. The van der Waals surface area contributed by atoms with Gasteiger partial charge in [-0.1, -0.05) is 72.8 Å². The molecule has 60 heavy (non-hydrogen) atoms. The molecule has 0 fully saturated rings. The van der Waals surface area contributed by atoms with Gasteiger partial charge in [-0.2, -0.15) is 0 Å². The van der Waals surface area contributed by atoms with Crippen LogP contribution in [-0.4, -0.2) is 30.1 Å². The molecule has 0 bridgehead atoms. The van der Waals surface area contributed by atoms with E-state index < -0.39 is 0 Å². The van der Waals surface area contributed by atoms with Crippen molar-refractivity contribution in [3.05, 3.63) is 177 Å². The SMILES string of the molecule is CC(=O)n1c2ccc(-n3c4ccccc4c4ccccc43)cc2c2cc(-n3c4ccccc4c4ccccc43)ccc21.CC(=O)n1c2ccc(I)cc2c2cc(I)ccc21. The van der Waals surface area contributed by atoms with Gasteiger partial charge in [0.1, 0.15) is 0 Å². The summed E-state index contributed by atoms with van der Waals surface area (Å²) in [4.78, 5) is 24.9. The van der Waals surface area contributed by atoms with Gasteiger partial charge in [0.05, 0.1) is 44.1 Å². The number of rotatable bonds is 2. The lowest BCUT2D eigenvalue weighted by Crippen LogP contribution is -2.04. The van der Waals surface area contributed by atoms with E-state index in [2.05, 4.69) is 200 Å². The highest BCUT2D eigenvalue weighted by Gasteiger charge is 2.19. The van der Waals surface area contributed by atoms with Gasteiger partial charge in [0.25, 0.3) is 0 Å². The first-order chi connectivity index (χ1) is 29.3. The lowest BCUT2D eigenvalue weighted by molar-refractivity contribution is 0.0937. The van der Waals surface area contributed by atoms with Crippen LogP contribution in [0.15, 0.2) is 170 Å². The van der Waals surface area contributed by atoms with Crippen molar-refractivity contribution in [2.24, 2.45) is 0 Å². The molecule has 8 aromatic carbocycles. The summed E-state index contributed by atoms with van der Waals surface area (Å²) in [5.74, 6) is 0.0571. The summed E-state index contributed by atoms with van der Waals surface area (Å²) in [6.45, 7) is 3.25. The van der Waals surface area contributed by atoms with E-state index in [1.807, 2.05) is 28.8 Å². The van der Waals surface area contributed by atoms with Gasteiger partial charge < -0.3 is 9.13 Å². The van der Waals surface area contributed by atoms with Crippen LogP contribution in [-0.2, 0) is 0 Å². The van der Waals surface area contributed by atoms with Gasteiger partial charge in [-0.15, -0.1) is 0 Å². The maximum absolute atomic E-state index is 13.0. The molecule has 12 rings (SSSR count). The number of nitrogens with zero attached hydrogens (tertiary/aromatic N) is 4. The van der Waals surface area contributed by atoms with Gasteiger partial charge in [0, 0.05) is 75.5 Å². The van der Waals surface area contributed by atoms with Crippen LogP contribution in [0.2, 0.25) is 0 Å². The maximum atomic E-state index is 13.0. The number of aromatic nitrogens is 4. The van der Waals surface area contributed by atoms with Gasteiger partial charge in [0.15, 0.2) is 0 Å². The van der Waals surface area contributed by atoms with Crippen LogP contribution in [0.4, 0.5) is 0 Å². The molecular weight excluding hydrogens is 966 g/mol. The van der Waals surface area contributed by atoms with E-state index in [9.17, 15) is 9.59 Å². The summed E-state index contributed by atoms with van der Waals surface area (Å²) in [5.41, 5.74) is 10.6. The van der Waals surface area contributed by atoms with Gasteiger partial charge >= 0.3 is 0 Å². The summed E-state index contributed by atoms with van der Waals surface area (Å²) in [7, 11) is 0. The molecule has 8 heteroatoms. The first kappa shape index (κ1) is 36.8. The number of carbonyl (C=O) groups excluding carboxylic acids is 2. The van der Waals surface area contributed by atoms with E-state index >= 15 is 0 Å². The monoisotopic (exact) mass is 1000 g/mol. The van der Waals surface area contributed by atoms with Crippen LogP contribution in [0.1, 0.15) is 23.4 Å². The summed E-state index contributed by atoms with van der Waals surface area (Å²) >= 11 is 4.60. The number of hydrogen-bond donors (Lipinski definition) is 0. The van der Waals surface area contributed by atoms with Crippen molar-refractivity contribution in [1.29, 1.82) is 0 Å². The smallest absolute Gasteiger partial charge is 0.228 e. The van der Waals surface area contributed by atoms with Crippen molar-refractivity contribution in [3.8, 4) is 11.4 Å². The number of benzene rings is 8. The Hall–Kier alpha value is -6.24. The molecule has 0 aliphatic heterocycles. The first-order valence-corrected chi connectivity index (χ1v) is 21.9. The van der Waals surface area contributed by atoms with E-state index in [1.165, 1.54) is 50.8 Å². The van der Waals surface area contributed by atoms with Gasteiger partial charge in [-0.3, -0.25) is 18.7 Å². The molecule has 0 spiro atoms. The van der Waals surface area contributed by atoms with Crippen LogP contribution in [0.5, 0.6) is 0 Å². The maximum Gasteiger partial charge on any atom is 0.228 e. The highest BCUT2D eigenvalue weighted by molar-refractivity contribution is 14.1. The minimum atomic E-state index is 0.00391. The van der Waals surface area contributed by atoms with Gasteiger partial charge in [0.2, 0.25) is 11.8 Å². The topological polar surface area (TPSA) is 53.9 Å². The highest BCUT2D eigenvalue weighted by Crippen LogP contribution is 2.38. The number of halogens is 2. The van der Waals surface area contributed by atoms with Crippen LogP contribution < -0.4 is 0 Å². The Kier molecular flexibility index (Phi) is 8.71. The molecule has 6 nitrogen and oxygen atoms in total. The summed E-state index contributed by atoms with van der Waals surface area (Å²) in [6.07, 6.45) is 0. The fraction of sp³-hybridized carbons (Fsp3) is 0.0385. The molecule has 0 N–H and O–H groups in total. The van der Waals surface area contributed by atoms with E-state index in [0.717, 1.165) is 55.0 Å². The van der Waals surface area contributed by atoms with Crippen molar-refractivity contribution < 1.29 is 9.59 Å². The Balaban J connectivity index is 0.000000190. The zero-order valence-corrected chi connectivity index (χ0v) is 36.8. The fourth-order valence-corrected chi connectivity index (χ4v) is 10.3. The molecule has 0 radical (unpaired) electrons. The van der Waals surface area contributed by atoms with E-state index in [4.69, 9.17) is 0 Å². The lowest BCUT2D eigenvalue weighted by Gasteiger charge is -2.09. The standard InChI is InChI=1S/C38H25N3O.C14H9I2NO/c1-24(42)39-37-20-18-25(40-33-14-6-2-10-27(33)28-11-3-7-15-34(28)40)22-31(37)32-23-26(19-21-38(32)39)41-35-16-8-4-12-29(35)30-13-5-9-17-36(30)41;1-8(18)17-13-4-2-9(15)6-11(13)12-7-10(16)3-5-14(12)17/h2-23H,1H3;2-7H,1H3. The van der Waals surface area contributed by atoms with Crippen molar-refractivity contribution in [1.82, 2.24) is 18.3 Å². The quantitative estimate of drug-likeness (QED) is 0.162. The lowest BCUT2D eigenvalue weighted by atomic mass is 10.1. The molecule has 12 aromatic rings. The zero-order chi connectivity index (χ0) is 40.8. The van der Waals surface area contributed by atoms with Gasteiger partial charge in [-0.05, 0) is 142 Å². The third kappa shape index (κ3) is 5.64. The zero-order valence-electron chi connectivity index (χ0n) is 32.5. The van der Waals surface area contributed by atoms with E-state index in [0.29, 0.717) is 0 Å². The normalized spacial score (nSPS) is 11.8. The number of para-hydroxylation sites is 4. The predicted octanol–water partition coefficient (Wildman–Crippen LogP) is 14.3. The predicted molar refractivity (Wildman–Crippen MR) is 266 cm³/mol. The third-order valence-electron chi connectivity index (χ3n) is 11.7. The fourth-order valence-electron chi connectivity index (χ4n) is 9.33. The van der Waals surface area contributed by atoms with Crippen LogP contribution in [0.25, 0.3) is 98.6 Å². The summed E-state index contributed by atoms with van der Waals surface area (Å²) in [5, 5.41) is 9.32. The van der Waals surface area contributed by atoms with Crippen LogP contribution in [0, 0.1) is 7.14 Å². The van der Waals surface area contributed by atoms with Crippen molar-refractivity contribution >= 4 is 144 Å². The molecule has 0 atom stereocenters. The Labute approximate surface area is 371 Å². The van der Waals surface area contributed by atoms with Crippen LogP contribution >= 0.6 is 45.2 Å². The number of fused-ring (bicyclic) bond motifs is 12. The molecule has 4 aromatic heterocycles. The third-order valence-corrected chi connectivity index (χ3v) is 13.1. The molecule has 0 aliphatic rings. The molecule has 0 saturated heterocycles. The molecule has 288 valence electrons. The minimum absolute atomic E-state index is 0.00391. The Bertz CT molecular complexity index is 3430. The number of carbonyl (C=O) groups is 2. The Morgan fingerprint density at radius 1 is 0.333 bits per heavy atom. The number of hydrogen-bond acceptors (Lipinski definition) is 2. The van der Waals surface area contributed by atoms with E-state index in [1.54, 1.807) is 18.4 Å². The first-order valence-electron chi connectivity index (χ1n) is 19.7. The second-order valence-corrected chi connectivity index (χ2v) is 17.7. The van der Waals surface area contributed by atoms with E-state index in [-0.39, 0.29) is 11.8 Å². The molecule has 0 saturated carbocycles. The van der Waals surface area contributed by atoms with Crippen molar-refractivity contribution in [2.45, 2.75) is 13.8 Å². The van der Waals surface area contributed by atoms with Crippen LogP contribution in [0.3, 0.4) is 0 Å². The molecule has 0 unspecified atom stereocenters. The summed E-state index contributed by atoms with van der Waals surface area (Å²) < 4.78 is 10.7. The second-order valence-electron chi connectivity index (χ2n) is 15.2. The van der Waals surface area contributed by atoms with Crippen molar-refractivity contribution in [3.63, 3.8) is 0 Å². The largest absolute Gasteiger partial charge is 0.309 e. The second kappa shape index (κ2) is 14.2. The van der Waals surface area contributed by atoms with Crippen molar-refractivity contribution in [2.75, 3.05) is 0 Å². The minimum Gasteiger partial charge on any atom is -0.309 e. The van der Waals surface area contributed by atoms with Gasteiger partial charge in [-0.25, -0.2) is 0 Å². The molecule has 0 aliphatic carbocycles. The summed E-state index contributed by atoms with van der Waals surface area (Å²) in [6, 6.07) is 59.5. The molecular formula is C52H34I2N4O2. The average Bonchev–Trinajstić information content (AvgIpc) is 3.98. The molecule has 0 amide bonds.